The van der Waals surface area contributed by atoms with Gasteiger partial charge in [-0.15, -0.1) is 0 Å². The van der Waals surface area contributed by atoms with E-state index in [-0.39, 0.29) is 17.2 Å². The van der Waals surface area contributed by atoms with Crippen molar-refractivity contribution in [3.05, 3.63) is 64.4 Å². The smallest absolute Gasteiger partial charge is 0.266 e. The molecule has 0 bridgehead atoms. The van der Waals surface area contributed by atoms with Crippen LogP contribution < -0.4 is 10.9 Å². The molecule has 1 amide bonds. The van der Waals surface area contributed by atoms with Gasteiger partial charge in [0.15, 0.2) is 5.16 Å². The van der Waals surface area contributed by atoms with E-state index in [2.05, 4.69) is 36.3 Å². The Morgan fingerprint density at radius 3 is 2.55 bits per heavy atom. The van der Waals surface area contributed by atoms with Crippen molar-refractivity contribution in [2.45, 2.75) is 44.7 Å². The number of carbonyl (C=O) groups is 1. The van der Waals surface area contributed by atoms with Crippen LogP contribution in [0.3, 0.4) is 0 Å². The second kappa shape index (κ2) is 9.74. The molecule has 1 atom stereocenters. The molecule has 1 N–H and O–H groups in total. The Labute approximate surface area is 175 Å². The average molecular weight is 410 g/mol. The molecular formula is C23H27N3O2S. The van der Waals surface area contributed by atoms with E-state index in [4.69, 9.17) is 0 Å². The van der Waals surface area contributed by atoms with Gasteiger partial charge < -0.3 is 5.32 Å². The van der Waals surface area contributed by atoms with Gasteiger partial charge >= 0.3 is 0 Å². The number of amides is 1. The first kappa shape index (κ1) is 21.1. The lowest BCUT2D eigenvalue weighted by Gasteiger charge is -2.15. The van der Waals surface area contributed by atoms with Crippen LogP contribution in [-0.2, 0) is 4.79 Å². The molecule has 0 radical (unpaired) electrons. The largest absolute Gasteiger partial charge is 0.355 e. The van der Waals surface area contributed by atoms with Gasteiger partial charge in [-0.25, -0.2) is 4.98 Å². The molecule has 1 heterocycles. The Kier molecular flexibility index (Phi) is 7.09. The molecule has 0 unspecified atom stereocenters. The summed E-state index contributed by atoms with van der Waals surface area (Å²) in [6.07, 6.45) is 1.95. The standard InChI is InChI=1S/C23H27N3O2S/c1-4-14-24-21(27)15-29-23-25-20-9-7-6-8-19(20)22(28)26(23)18-12-10-17(11-13-18)16(3)5-2/h6-13,16H,4-5,14-15H2,1-3H3,(H,24,27)/t16-/m0/s1. The Morgan fingerprint density at radius 1 is 1.14 bits per heavy atom. The summed E-state index contributed by atoms with van der Waals surface area (Å²) >= 11 is 1.28. The number of aromatic nitrogens is 2. The zero-order valence-corrected chi connectivity index (χ0v) is 18.0. The number of rotatable bonds is 8. The van der Waals surface area contributed by atoms with Gasteiger partial charge in [0.25, 0.3) is 5.56 Å². The zero-order chi connectivity index (χ0) is 20.8. The van der Waals surface area contributed by atoms with Crippen molar-refractivity contribution in [3.63, 3.8) is 0 Å². The molecule has 0 saturated heterocycles. The Hall–Kier alpha value is -2.60. The molecule has 0 aliphatic heterocycles. The fraction of sp³-hybridized carbons (Fsp3) is 0.348. The summed E-state index contributed by atoms with van der Waals surface area (Å²) in [7, 11) is 0. The van der Waals surface area contributed by atoms with Gasteiger partial charge in [0.05, 0.1) is 22.3 Å². The number of benzene rings is 2. The summed E-state index contributed by atoms with van der Waals surface area (Å²) in [6, 6.07) is 15.4. The second-order valence-corrected chi connectivity index (χ2v) is 8.03. The molecule has 6 heteroatoms. The van der Waals surface area contributed by atoms with Gasteiger partial charge in [0.2, 0.25) is 5.91 Å². The minimum atomic E-state index is -0.122. The summed E-state index contributed by atoms with van der Waals surface area (Å²) in [5.74, 6) is 0.625. The van der Waals surface area contributed by atoms with Crippen molar-refractivity contribution in [1.82, 2.24) is 14.9 Å². The number of nitrogens with zero attached hydrogens (tertiary/aromatic N) is 2. The number of thioether (sulfide) groups is 1. The van der Waals surface area contributed by atoms with E-state index in [0.29, 0.717) is 28.5 Å². The number of hydrogen-bond donors (Lipinski definition) is 1. The quantitative estimate of drug-likeness (QED) is 0.439. The molecule has 0 spiro atoms. The summed E-state index contributed by atoms with van der Waals surface area (Å²) < 4.78 is 1.61. The zero-order valence-electron chi connectivity index (χ0n) is 17.1. The summed E-state index contributed by atoms with van der Waals surface area (Å²) in [4.78, 5) is 30.0. The van der Waals surface area contributed by atoms with Crippen LogP contribution >= 0.6 is 11.8 Å². The molecular weight excluding hydrogens is 382 g/mol. The maximum absolute atomic E-state index is 13.3. The molecule has 0 aliphatic carbocycles. The van der Waals surface area contributed by atoms with Crippen LogP contribution in [0, 0.1) is 0 Å². The lowest BCUT2D eigenvalue weighted by atomic mass is 9.98. The first-order valence-electron chi connectivity index (χ1n) is 10.1. The molecule has 0 fully saturated rings. The normalized spacial score (nSPS) is 12.1. The van der Waals surface area contributed by atoms with Crippen LogP contribution in [0.1, 0.15) is 45.1 Å². The van der Waals surface area contributed by atoms with Gasteiger partial charge in [-0.2, -0.15) is 0 Å². The third-order valence-electron chi connectivity index (χ3n) is 4.98. The SMILES string of the molecule is CCCNC(=O)CSc1nc2ccccc2c(=O)n1-c1ccc([C@@H](C)CC)cc1. The monoisotopic (exact) mass is 409 g/mol. The molecule has 0 aliphatic rings. The number of carbonyl (C=O) groups excluding carboxylic acids is 1. The highest BCUT2D eigenvalue weighted by molar-refractivity contribution is 7.99. The van der Waals surface area contributed by atoms with Crippen LogP contribution in [0.5, 0.6) is 0 Å². The fourth-order valence-electron chi connectivity index (χ4n) is 3.07. The third kappa shape index (κ3) is 4.88. The molecule has 3 aromatic rings. The van der Waals surface area contributed by atoms with Gasteiger partial charge in [-0.1, -0.05) is 56.8 Å². The highest BCUT2D eigenvalue weighted by Gasteiger charge is 2.15. The van der Waals surface area contributed by atoms with Gasteiger partial charge in [-0.3, -0.25) is 14.2 Å². The summed E-state index contributed by atoms with van der Waals surface area (Å²) in [5, 5.41) is 3.96. The molecule has 29 heavy (non-hydrogen) atoms. The van der Waals surface area contributed by atoms with Crippen LogP contribution in [0.2, 0.25) is 0 Å². The Bertz CT molecular complexity index is 1040. The van der Waals surface area contributed by atoms with Crippen molar-refractivity contribution in [1.29, 1.82) is 0 Å². The van der Waals surface area contributed by atoms with E-state index in [1.807, 2.05) is 37.3 Å². The van der Waals surface area contributed by atoms with E-state index in [0.717, 1.165) is 18.5 Å². The maximum Gasteiger partial charge on any atom is 0.266 e. The average Bonchev–Trinajstić information content (AvgIpc) is 2.76. The molecule has 5 nitrogen and oxygen atoms in total. The predicted octanol–water partition coefficient (Wildman–Crippen LogP) is 4.52. The topological polar surface area (TPSA) is 64.0 Å². The summed E-state index contributed by atoms with van der Waals surface area (Å²) in [5.41, 5.74) is 2.52. The van der Waals surface area contributed by atoms with Crippen LogP contribution in [0.15, 0.2) is 58.5 Å². The van der Waals surface area contributed by atoms with Crippen LogP contribution in [0.25, 0.3) is 16.6 Å². The van der Waals surface area contributed by atoms with E-state index in [1.165, 1.54) is 17.3 Å². The minimum absolute atomic E-state index is 0.0575. The molecule has 2 aromatic carbocycles. The highest BCUT2D eigenvalue weighted by Crippen LogP contribution is 2.24. The van der Waals surface area contributed by atoms with Crippen molar-refractivity contribution in [3.8, 4) is 5.69 Å². The second-order valence-electron chi connectivity index (χ2n) is 7.09. The Balaban J connectivity index is 2.02. The van der Waals surface area contributed by atoms with Gasteiger partial charge in [0.1, 0.15) is 0 Å². The van der Waals surface area contributed by atoms with E-state index in [1.54, 1.807) is 10.6 Å². The van der Waals surface area contributed by atoms with Crippen molar-refractivity contribution in [2.24, 2.45) is 0 Å². The minimum Gasteiger partial charge on any atom is -0.355 e. The van der Waals surface area contributed by atoms with Crippen molar-refractivity contribution in [2.75, 3.05) is 12.3 Å². The highest BCUT2D eigenvalue weighted by atomic mass is 32.2. The molecule has 1 aromatic heterocycles. The molecule has 0 saturated carbocycles. The maximum atomic E-state index is 13.3. The van der Waals surface area contributed by atoms with E-state index in [9.17, 15) is 9.59 Å². The number of para-hydroxylation sites is 1. The van der Waals surface area contributed by atoms with Crippen LogP contribution in [0.4, 0.5) is 0 Å². The van der Waals surface area contributed by atoms with Crippen molar-refractivity contribution < 1.29 is 4.79 Å². The lowest BCUT2D eigenvalue weighted by Crippen LogP contribution is -2.27. The molecule has 3 rings (SSSR count). The number of fused-ring (bicyclic) bond motifs is 1. The third-order valence-corrected chi connectivity index (χ3v) is 5.92. The lowest BCUT2D eigenvalue weighted by molar-refractivity contribution is -0.118. The first-order valence-corrected chi connectivity index (χ1v) is 11.0. The van der Waals surface area contributed by atoms with Gasteiger partial charge in [0, 0.05) is 6.54 Å². The first-order chi connectivity index (χ1) is 14.0. The number of nitrogens with one attached hydrogen (secondary N) is 1. The van der Waals surface area contributed by atoms with E-state index >= 15 is 0 Å². The van der Waals surface area contributed by atoms with E-state index < -0.39 is 0 Å². The number of hydrogen-bond acceptors (Lipinski definition) is 4. The Morgan fingerprint density at radius 2 is 1.86 bits per heavy atom. The fourth-order valence-corrected chi connectivity index (χ4v) is 3.91. The summed E-state index contributed by atoms with van der Waals surface area (Å²) in [6.45, 7) is 7.01. The van der Waals surface area contributed by atoms with Gasteiger partial charge in [-0.05, 0) is 48.6 Å². The van der Waals surface area contributed by atoms with Crippen molar-refractivity contribution >= 4 is 28.6 Å². The predicted molar refractivity (Wildman–Crippen MR) is 120 cm³/mol. The van der Waals surface area contributed by atoms with Crippen LogP contribution in [-0.4, -0.2) is 27.8 Å². The molecule has 152 valence electrons.